The van der Waals surface area contributed by atoms with Crippen LogP contribution in [0.1, 0.15) is 0 Å². The lowest BCUT2D eigenvalue weighted by Crippen LogP contribution is -2.16. The number of amides is 1. The zero-order valence-corrected chi connectivity index (χ0v) is 18.0. The number of ether oxygens (including phenoxy) is 2. The highest BCUT2D eigenvalue weighted by molar-refractivity contribution is 7.99. The highest BCUT2D eigenvalue weighted by Crippen LogP contribution is 2.32. The smallest absolute Gasteiger partial charge is 0.236 e. The number of rotatable bonds is 6. The lowest BCUT2D eigenvalue weighted by molar-refractivity contribution is -0.113. The van der Waals surface area contributed by atoms with E-state index in [0.29, 0.717) is 46.4 Å². The minimum atomic E-state index is -0.312. The van der Waals surface area contributed by atoms with Gasteiger partial charge in [-0.2, -0.15) is 4.68 Å². The van der Waals surface area contributed by atoms with Crippen LogP contribution in [-0.2, 0) is 4.79 Å². The first-order chi connectivity index (χ1) is 15.7. The van der Waals surface area contributed by atoms with Crippen LogP contribution >= 0.6 is 23.1 Å². The molecule has 1 aliphatic rings. The maximum atomic E-state index is 13.1. The van der Waals surface area contributed by atoms with Crippen LogP contribution in [0, 0.1) is 5.82 Å². The summed E-state index contributed by atoms with van der Waals surface area (Å²) in [6, 6.07) is 11.4. The first kappa shape index (κ1) is 20.4. The molecule has 2 aromatic carbocycles. The van der Waals surface area contributed by atoms with Gasteiger partial charge in [-0.1, -0.05) is 11.8 Å². The van der Waals surface area contributed by atoms with Gasteiger partial charge in [0, 0.05) is 17.0 Å². The number of carbonyl (C=O) groups excluding carboxylic acids is 1. The van der Waals surface area contributed by atoms with E-state index < -0.39 is 0 Å². The molecule has 0 bridgehead atoms. The van der Waals surface area contributed by atoms with Crippen molar-refractivity contribution in [1.82, 2.24) is 25.2 Å². The zero-order valence-electron chi connectivity index (χ0n) is 16.4. The van der Waals surface area contributed by atoms with Crippen molar-refractivity contribution in [1.29, 1.82) is 0 Å². The number of anilines is 1. The number of nitrogens with zero attached hydrogens (tertiary/aromatic N) is 5. The molecule has 162 valence electrons. The maximum Gasteiger partial charge on any atom is 0.236 e. The molecule has 5 rings (SSSR count). The van der Waals surface area contributed by atoms with Gasteiger partial charge in [-0.15, -0.1) is 16.4 Å². The van der Waals surface area contributed by atoms with Crippen LogP contribution in [0.2, 0.25) is 0 Å². The van der Waals surface area contributed by atoms with E-state index in [0.717, 1.165) is 5.56 Å². The van der Waals surface area contributed by atoms with Crippen molar-refractivity contribution in [2.45, 2.75) is 5.16 Å². The predicted molar refractivity (Wildman–Crippen MR) is 117 cm³/mol. The van der Waals surface area contributed by atoms with E-state index in [1.165, 1.54) is 39.9 Å². The molecule has 0 unspecified atom stereocenters. The van der Waals surface area contributed by atoms with E-state index >= 15 is 0 Å². The van der Waals surface area contributed by atoms with Gasteiger partial charge >= 0.3 is 0 Å². The molecule has 0 radical (unpaired) electrons. The summed E-state index contributed by atoms with van der Waals surface area (Å²) >= 11 is 2.49. The molecule has 32 heavy (non-hydrogen) atoms. The van der Waals surface area contributed by atoms with Gasteiger partial charge < -0.3 is 14.8 Å². The zero-order chi connectivity index (χ0) is 21.9. The quantitative estimate of drug-likeness (QED) is 0.428. The van der Waals surface area contributed by atoms with E-state index in [1.54, 1.807) is 29.6 Å². The average Bonchev–Trinajstić information content (AvgIpc) is 3.47. The number of carbonyl (C=O) groups is 1. The molecule has 1 aliphatic heterocycles. The molecule has 0 saturated heterocycles. The van der Waals surface area contributed by atoms with Crippen molar-refractivity contribution in [2.75, 3.05) is 24.3 Å². The third-order valence-corrected chi connectivity index (χ3v) is 6.11. The first-order valence-electron chi connectivity index (χ1n) is 9.48. The Hall–Kier alpha value is -3.51. The van der Waals surface area contributed by atoms with Crippen LogP contribution in [0.15, 0.2) is 53.0 Å². The molecule has 9 nitrogen and oxygen atoms in total. The molecule has 0 atom stereocenters. The molecule has 2 aromatic heterocycles. The summed E-state index contributed by atoms with van der Waals surface area (Å²) in [4.78, 5) is 16.8. The fourth-order valence-corrected chi connectivity index (χ4v) is 4.39. The van der Waals surface area contributed by atoms with Gasteiger partial charge in [0.05, 0.1) is 17.1 Å². The van der Waals surface area contributed by atoms with Crippen molar-refractivity contribution in [3.8, 4) is 28.4 Å². The normalized spacial score (nSPS) is 12.5. The molecular formula is C20H15FN6O3S2. The van der Waals surface area contributed by atoms with Gasteiger partial charge in [-0.25, -0.2) is 9.37 Å². The van der Waals surface area contributed by atoms with Crippen LogP contribution in [0.3, 0.4) is 0 Å². The van der Waals surface area contributed by atoms with Crippen LogP contribution in [-0.4, -0.2) is 50.1 Å². The Morgan fingerprint density at radius 3 is 2.81 bits per heavy atom. The number of halogens is 1. The largest absolute Gasteiger partial charge is 0.486 e. The number of aromatic nitrogens is 5. The number of hydrogen-bond acceptors (Lipinski definition) is 9. The molecule has 0 spiro atoms. The summed E-state index contributed by atoms with van der Waals surface area (Å²) in [5.74, 6) is 0.833. The minimum absolute atomic E-state index is 0.0936. The summed E-state index contributed by atoms with van der Waals surface area (Å²) in [6.45, 7) is 0.991. The van der Waals surface area contributed by atoms with Crippen LogP contribution in [0.4, 0.5) is 9.52 Å². The molecule has 0 aliphatic carbocycles. The molecule has 12 heteroatoms. The topological polar surface area (TPSA) is 104 Å². The third kappa shape index (κ3) is 4.41. The molecule has 0 fully saturated rings. The SMILES string of the molecule is O=C(CSc1nnnn1-c1ccc2c(c1)OCCO2)Nc1nc(-c2ccc(F)cc2)cs1. The Balaban J connectivity index is 1.22. The van der Waals surface area contributed by atoms with Gasteiger partial charge in [0.2, 0.25) is 11.1 Å². The van der Waals surface area contributed by atoms with Gasteiger partial charge in [-0.05, 0) is 46.8 Å². The number of tetrazole rings is 1. The Labute approximate surface area is 189 Å². The summed E-state index contributed by atoms with van der Waals surface area (Å²) in [5.41, 5.74) is 2.14. The van der Waals surface area contributed by atoms with Gasteiger partial charge in [0.1, 0.15) is 19.0 Å². The van der Waals surface area contributed by atoms with E-state index in [2.05, 4.69) is 25.8 Å². The van der Waals surface area contributed by atoms with Gasteiger partial charge in [-0.3, -0.25) is 4.79 Å². The summed E-state index contributed by atoms with van der Waals surface area (Å²) < 4.78 is 25.8. The number of hydrogen-bond donors (Lipinski definition) is 1. The van der Waals surface area contributed by atoms with Gasteiger partial charge in [0.15, 0.2) is 16.6 Å². The van der Waals surface area contributed by atoms with Crippen LogP contribution in [0.5, 0.6) is 11.5 Å². The lowest BCUT2D eigenvalue weighted by Gasteiger charge is -2.18. The summed E-state index contributed by atoms with van der Waals surface area (Å²) in [5, 5.41) is 17.2. The van der Waals surface area contributed by atoms with Gasteiger partial charge in [0.25, 0.3) is 0 Å². The summed E-state index contributed by atoms with van der Waals surface area (Å²) in [7, 11) is 0. The minimum Gasteiger partial charge on any atom is -0.486 e. The first-order valence-corrected chi connectivity index (χ1v) is 11.3. The van der Waals surface area contributed by atoms with Crippen molar-refractivity contribution in [3.05, 3.63) is 53.7 Å². The Morgan fingerprint density at radius 1 is 1.16 bits per heavy atom. The fourth-order valence-electron chi connectivity index (χ4n) is 2.96. The van der Waals surface area contributed by atoms with E-state index in [4.69, 9.17) is 9.47 Å². The molecule has 3 heterocycles. The standard InChI is InChI=1S/C20H15FN6O3S2/c21-13-3-1-12(2-4-13)15-10-31-19(22-15)23-18(28)11-32-20-24-25-26-27(20)14-5-6-16-17(9-14)30-8-7-29-16/h1-6,9-10H,7-8,11H2,(H,22,23,28). The van der Waals surface area contributed by atoms with E-state index in [1.807, 2.05) is 6.07 Å². The van der Waals surface area contributed by atoms with Crippen molar-refractivity contribution in [2.24, 2.45) is 0 Å². The predicted octanol–water partition coefficient (Wildman–Crippen LogP) is 3.43. The number of nitrogens with one attached hydrogen (secondary N) is 1. The highest BCUT2D eigenvalue weighted by Gasteiger charge is 2.17. The second-order valence-electron chi connectivity index (χ2n) is 6.58. The average molecular weight is 471 g/mol. The third-order valence-electron chi connectivity index (χ3n) is 4.43. The fraction of sp³-hybridized carbons (Fsp3) is 0.150. The second-order valence-corrected chi connectivity index (χ2v) is 8.38. The molecule has 1 N–H and O–H groups in total. The summed E-state index contributed by atoms with van der Waals surface area (Å²) in [6.07, 6.45) is 0. The molecule has 4 aromatic rings. The van der Waals surface area contributed by atoms with Crippen molar-refractivity contribution < 1.29 is 18.7 Å². The van der Waals surface area contributed by atoms with E-state index in [9.17, 15) is 9.18 Å². The van der Waals surface area contributed by atoms with Crippen molar-refractivity contribution >= 4 is 34.1 Å². The number of benzene rings is 2. The number of fused-ring (bicyclic) bond motifs is 1. The number of thiazole rings is 1. The number of thioether (sulfide) groups is 1. The van der Waals surface area contributed by atoms with E-state index in [-0.39, 0.29) is 17.5 Å². The highest BCUT2D eigenvalue weighted by atomic mass is 32.2. The monoisotopic (exact) mass is 470 g/mol. The molecular weight excluding hydrogens is 455 g/mol. The maximum absolute atomic E-state index is 13.1. The van der Waals surface area contributed by atoms with Crippen LogP contribution in [0.25, 0.3) is 16.9 Å². The second kappa shape index (κ2) is 8.93. The lowest BCUT2D eigenvalue weighted by atomic mass is 10.2. The van der Waals surface area contributed by atoms with Crippen LogP contribution < -0.4 is 14.8 Å². The Kier molecular flexibility index (Phi) is 5.69. The Bertz CT molecular complexity index is 1260. The Morgan fingerprint density at radius 2 is 1.97 bits per heavy atom. The molecule has 0 saturated carbocycles. The van der Waals surface area contributed by atoms with Crippen molar-refractivity contribution in [3.63, 3.8) is 0 Å². The molecule has 1 amide bonds.